The van der Waals surface area contributed by atoms with E-state index in [1.54, 1.807) is 0 Å². The van der Waals surface area contributed by atoms with E-state index in [0.29, 0.717) is 24.3 Å². The van der Waals surface area contributed by atoms with Crippen molar-refractivity contribution in [3.05, 3.63) is 72.8 Å². The largest absolute Gasteiger partial charge is 0.426 e. The summed E-state index contributed by atoms with van der Waals surface area (Å²) in [7, 11) is 0. The Morgan fingerprint density at radius 3 is 1.41 bits per heavy atom. The van der Waals surface area contributed by atoms with Gasteiger partial charge in [-0.2, -0.15) is 0 Å². The molecule has 34 heavy (non-hydrogen) atoms. The van der Waals surface area contributed by atoms with Crippen LogP contribution in [0.25, 0.3) is 32.7 Å². The molecule has 0 bridgehead atoms. The number of unbranched alkanes of at least 4 members (excludes halogenated alkanes) is 2. The zero-order chi connectivity index (χ0) is 23.9. The molecule has 0 aliphatic rings. The Kier molecular flexibility index (Phi) is 7.58. The van der Waals surface area contributed by atoms with Crippen LogP contribution in [0.1, 0.15) is 52.4 Å². The summed E-state index contributed by atoms with van der Waals surface area (Å²) in [6.45, 7) is 4.09. The van der Waals surface area contributed by atoms with Crippen LogP contribution in [0.15, 0.2) is 72.8 Å². The fourth-order valence-electron chi connectivity index (χ4n) is 4.18. The van der Waals surface area contributed by atoms with Crippen LogP contribution in [0, 0.1) is 0 Å². The highest BCUT2D eigenvalue weighted by atomic mass is 16.5. The van der Waals surface area contributed by atoms with Gasteiger partial charge < -0.3 is 9.47 Å². The Hall–Kier alpha value is -3.66. The van der Waals surface area contributed by atoms with E-state index < -0.39 is 0 Å². The topological polar surface area (TPSA) is 52.6 Å². The van der Waals surface area contributed by atoms with Gasteiger partial charge in [0.2, 0.25) is 0 Å². The third-order valence-corrected chi connectivity index (χ3v) is 5.95. The van der Waals surface area contributed by atoms with Crippen molar-refractivity contribution >= 4 is 33.5 Å². The number of fused-ring (bicyclic) bond motifs is 2. The number of hydrogen-bond acceptors (Lipinski definition) is 4. The molecule has 4 heteroatoms. The highest BCUT2D eigenvalue weighted by Crippen LogP contribution is 2.45. The molecule has 0 aromatic heterocycles. The van der Waals surface area contributed by atoms with Gasteiger partial charge in [-0.1, -0.05) is 87.4 Å². The molecule has 0 fully saturated rings. The highest BCUT2D eigenvalue weighted by Gasteiger charge is 2.21. The Morgan fingerprint density at radius 1 is 0.588 bits per heavy atom. The first-order chi connectivity index (χ1) is 16.6. The summed E-state index contributed by atoms with van der Waals surface area (Å²) in [4.78, 5) is 25.3. The van der Waals surface area contributed by atoms with E-state index in [4.69, 9.17) is 9.47 Å². The smallest absolute Gasteiger partial charge is 0.311 e. The molecular weight excluding hydrogens is 424 g/mol. The molecule has 0 unspecified atom stereocenters. The van der Waals surface area contributed by atoms with Crippen molar-refractivity contribution < 1.29 is 19.1 Å². The number of esters is 2. The van der Waals surface area contributed by atoms with E-state index in [2.05, 4.69) is 0 Å². The number of carbonyl (C=O) groups excluding carboxylic acids is 2. The lowest BCUT2D eigenvalue weighted by atomic mass is 9.92. The van der Waals surface area contributed by atoms with E-state index in [0.717, 1.165) is 58.4 Å². The molecule has 0 saturated carbocycles. The molecule has 0 N–H and O–H groups in total. The molecule has 0 radical (unpaired) electrons. The molecule has 0 amide bonds. The van der Waals surface area contributed by atoms with Gasteiger partial charge in [-0.3, -0.25) is 9.59 Å². The van der Waals surface area contributed by atoms with Crippen molar-refractivity contribution in [3.8, 4) is 22.6 Å². The SMILES string of the molecule is CCCCC(=O)Oc1ccc2ccccc2c1-c1c(OC(=O)CCCC)ccc2ccccc12. The lowest BCUT2D eigenvalue weighted by Crippen LogP contribution is -2.10. The second kappa shape index (κ2) is 11.0. The first kappa shape index (κ1) is 23.5. The predicted molar refractivity (Wildman–Crippen MR) is 137 cm³/mol. The van der Waals surface area contributed by atoms with Gasteiger partial charge in [-0.05, 0) is 46.5 Å². The van der Waals surface area contributed by atoms with Crippen molar-refractivity contribution in [2.75, 3.05) is 0 Å². The van der Waals surface area contributed by atoms with Crippen LogP contribution in [-0.4, -0.2) is 11.9 Å². The van der Waals surface area contributed by atoms with Gasteiger partial charge in [-0.25, -0.2) is 0 Å². The van der Waals surface area contributed by atoms with Crippen molar-refractivity contribution in [2.24, 2.45) is 0 Å². The van der Waals surface area contributed by atoms with Gasteiger partial charge in [0.05, 0.1) is 0 Å². The predicted octanol–water partition coefficient (Wildman–Crippen LogP) is 7.85. The molecule has 4 aromatic rings. The number of carbonyl (C=O) groups is 2. The Bertz CT molecular complexity index is 1220. The molecular formula is C30H30O4. The first-order valence-corrected chi connectivity index (χ1v) is 12.1. The van der Waals surface area contributed by atoms with Gasteiger partial charge in [0.1, 0.15) is 11.5 Å². The van der Waals surface area contributed by atoms with Crippen LogP contribution < -0.4 is 9.47 Å². The summed E-state index contributed by atoms with van der Waals surface area (Å²) in [6.07, 6.45) is 4.10. The molecule has 0 aliphatic heterocycles. The third kappa shape index (κ3) is 5.12. The fourth-order valence-corrected chi connectivity index (χ4v) is 4.18. The van der Waals surface area contributed by atoms with E-state index in [1.807, 2.05) is 86.6 Å². The monoisotopic (exact) mass is 454 g/mol. The Labute approximate surface area is 200 Å². The highest BCUT2D eigenvalue weighted by molar-refractivity contribution is 6.10. The zero-order valence-electron chi connectivity index (χ0n) is 19.8. The van der Waals surface area contributed by atoms with E-state index in [1.165, 1.54) is 0 Å². The van der Waals surface area contributed by atoms with E-state index in [-0.39, 0.29) is 11.9 Å². The maximum Gasteiger partial charge on any atom is 0.311 e. The first-order valence-electron chi connectivity index (χ1n) is 12.1. The molecule has 0 heterocycles. The van der Waals surface area contributed by atoms with Gasteiger partial charge in [0.25, 0.3) is 0 Å². The summed E-state index contributed by atoms with van der Waals surface area (Å²) in [5.74, 6) is 0.421. The van der Waals surface area contributed by atoms with Crippen molar-refractivity contribution in [2.45, 2.75) is 52.4 Å². The Balaban J connectivity index is 1.94. The third-order valence-electron chi connectivity index (χ3n) is 5.95. The molecule has 174 valence electrons. The summed E-state index contributed by atoms with van der Waals surface area (Å²) in [5, 5.41) is 3.90. The maximum absolute atomic E-state index is 12.6. The molecule has 0 spiro atoms. The second-order valence-corrected chi connectivity index (χ2v) is 8.47. The zero-order valence-corrected chi connectivity index (χ0v) is 19.8. The van der Waals surface area contributed by atoms with E-state index >= 15 is 0 Å². The summed E-state index contributed by atoms with van der Waals surface area (Å²) in [6, 6.07) is 23.6. The van der Waals surface area contributed by atoms with Crippen LogP contribution in [0.4, 0.5) is 0 Å². The maximum atomic E-state index is 12.6. The van der Waals surface area contributed by atoms with Gasteiger partial charge in [-0.15, -0.1) is 0 Å². The van der Waals surface area contributed by atoms with Gasteiger partial charge in [0, 0.05) is 24.0 Å². The molecule has 0 atom stereocenters. The average molecular weight is 455 g/mol. The molecule has 0 aliphatic carbocycles. The quantitative estimate of drug-likeness (QED) is 0.191. The normalized spacial score (nSPS) is 11.0. The number of rotatable bonds is 9. The summed E-state index contributed by atoms with van der Waals surface area (Å²) in [5.41, 5.74) is 1.52. The average Bonchev–Trinajstić information content (AvgIpc) is 2.86. The molecule has 4 rings (SSSR count). The van der Waals surface area contributed by atoms with Crippen molar-refractivity contribution in [3.63, 3.8) is 0 Å². The summed E-state index contributed by atoms with van der Waals surface area (Å²) < 4.78 is 11.8. The molecule has 4 nitrogen and oxygen atoms in total. The van der Waals surface area contributed by atoms with Crippen LogP contribution >= 0.6 is 0 Å². The molecule has 0 saturated heterocycles. The van der Waals surface area contributed by atoms with Crippen molar-refractivity contribution in [1.29, 1.82) is 0 Å². The van der Waals surface area contributed by atoms with Crippen LogP contribution in [0.5, 0.6) is 11.5 Å². The van der Waals surface area contributed by atoms with Crippen LogP contribution in [-0.2, 0) is 9.59 Å². The summed E-state index contributed by atoms with van der Waals surface area (Å²) >= 11 is 0. The number of ether oxygens (including phenoxy) is 2. The number of hydrogen-bond donors (Lipinski definition) is 0. The van der Waals surface area contributed by atoms with E-state index in [9.17, 15) is 9.59 Å². The molecule has 4 aromatic carbocycles. The fraction of sp³-hybridized carbons (Fsp3) is 0.267. The minimum Gasteiger partial charge on any atom is -0.426 e. The lowest BCUT2D eigenvalue weighted by Gasteiger charge is -2.18. The van der Waals surface area contributed by atoms with Gasteiger partial charge >= 0.3 is 11.9 Å². The minimum atomic E-state index is -0.264. The van der Waals surface area contributed by atoms with Crippen LogP contribution in [0.3, 0.4) is 0 Å². The standard InChI is InChI=1S/C30H30O4/c1-3-5-15-27(31)33-25-19-17-21-11-7-9-13-23(21)29(25)30-24-14-10-8-12-22(24)18-20-26(30)34-28(32)16-6-4-2/h7-14,17-20H,3-6,15-16H2,1-2H3. The van der Waals surface area contributed by atoms with Gasteiger partial charge in [0.15, 0.2) is 0 Å². The van der Waals surface area contributed by atoms with Crippen LogP contribution in [0.2, 0.25) is 0 Å². The lowest BCUT2D eigenvalue weighted by molar-refractivity contribution is -0.135. The second-order valence-electron chi connectivity index (χ2n) is 8.47. The number of benzene rings is 4. The Morgan fingerprint density at radius 2 is 1.00 bits per heavy atom. The minimum absolute atomic E-state index is 0.264. The van der Waals surface area contributed by atoms with Crippen molar-refractivity contribution in [1.82, 2.24) is 0 Å².